The quantitative estimate of drug-likeness (QED) is 0.0187. The summed E-state index contributed by atoms with van der Waals surface area (Å²) in [6, 6.07) is 30.8. The molecule has 4 aliphatic rings. The molecule has 9 rings (SSSR count). The molecule has 2 fully saturated rings. The van der Waals surface area contributed by atoms with Crippen molar-refractivity contribution in [1.29, 1.82) is 0 Å². The molecule has 394 valence electrons. The van der Waals surface area contributed by atoms with Crippen molar-refractivity contribution >= 4 is 34.4 Å². The molecule has 3 aliphatic carbocycles. The number of non-ortho nitro benzene ring substituents is 1. The summed E-state index contributed by atoms with van der Waals surface area (Å²) < 4.78 is 26.9. The molecule has 14 nitrogen and oxygen atoms in total. The van der Waals surface area contributed by atoms with E-state index < -0.39 is 22.7 Å². The Balaban J connectivity index is 1.24. The standard InChI is InChI=1S/C61H69N3O11/c1-3-33-72-61-57(63(58(68)30-23-41-13-4-5-14-41)38-45-18-12-17-43-15-6-7-19-50(43)45)37-54(62-73-40-42-21-24-47(25-22-42)64(69)70)52-35-44(16-8-10-31-65)51(20-9-11-32-66)59(60(52)61)53-36-49(27-29-56(53)75-61)74-48-26-28-55(71-2)46(34-48)39-67/h3,6-7,12,15,17-19,21-22,24-29,34-36,39,41,44,51,57,59-60,65-66H,1,4-5,8-11,13-14,16,20,23,30-33,37-38,40H2,2H3/t44-,51+,57-,59+,60+,61+/m0/s1. The lowest BCUT2D eigenvalue weighted by Gasteiger charge is -2.60. The molecule has 75 heavy (non-hydrogen) atoms. The molecule has 0 spiro atoms. The number of aliphatic hydroxyl groups excluding tert-OH is 2. The number of nitrogens with zero attached hydrogens (tertiary/aromatic N) is 3. The first-order chi connectivity index (χ1) is 36.7. The van der Waals surface area contributed by atoms with E-state index in [1.54, 1.807) is 36.4 Å². The van der Waals surface area contributed by atoms with E-state index in [1.165, 1.54) is 19.2 Å². The molecule has 0 bridgehead atoms. The lowest BCUT2D eigenvalue weighted by Crippen LogP contribution is -2.70. The Morgan fingerprint density at radius 3 is 2.41 bits per heavy atom. The zero-order valence-corrected chi connectivity index (χ0v) is 42.9. The summed E-state index contributed by atoms with van der Waals surface area (Å²) >= 11 is 0. The number of ether oxygens (including phenoxy) is 4. The Bertz CT molecular complexity index is 2870. The summed E-state index contributed by atoms with van der Waals surface area (Å²) in [5.41, 5.74) is 4.39. The molecule has 5 aromatic rings. The first-order valence-corrected chi connectivity index (χ1v) is 26.7. The molecule has 0 aromatic heterocycles. The zero-order chi connectivity index (χ0) is 52.3. The number of benzene rings is 5. The number of carbonyl (C=O) groups is 2. The number of amides is 1. The van der Waals surface area contributed by atoms with Crippen LogP contribution < -0.4 is 14.2 Å². The number of nitro benzene ring substituents is 1. The number of unbranched alkanes of at least 4 members (excludes halogenated alkanes) is 2. The molecular weight excluding hydrogens is 951 g/mol. The lowest BCUT2D eigenvalue weighted by atomic mass is 9.55. The zero-order valence-electron chi connectivity index (χ0n) is 42.9. The maximum absolute atomic E-state index is 15.6. The normalized spacial score (nSPS) is 22.4. The third kappa shape index (κ3) is 11.7. The van der Waals surface area contributed by atoms with Crippen LogP contribution in [0.4, 0.5) is 5.69 Å². The summed E-state index contributed by atoms with van der Waals surface area (Å²) in [5, 5.41) is 38.9. The predicted octanol–water partition coefficient (Wildman–Crippen LogP) is 12.2. The first-order valence-electron chi connectivity index (χ1n) is 26.7. The van der Waals surface area contributed by atoms with Crippen LogP contribution in [-0.2, 0) is 27.5 Å². The van der Waals surface area contributed by atoms with Crippen molar-refractivity contribution in [3.05, 3.63) is 160 Å². The number of carbonyl (C=O) groups excluding carboxylic acids is 2. The Morgan fingerprint density at radius 2 is 1.67 bits per heavy atom. The number of hydrogen-bond donors (Lipinski definition) is 2. The molecule has 1 heterocycles. The summed E-state index contributed by atoms with van der Waals surface area (Å²) in [4.78, 5) is 47.1. The van der Waals surface area contributed by atoms with Crippen molar-refractivity contribution < 1.29 is 48.5 Å². The Morgan fingerprint density at radius 1 is 0.920 bits per heavy atom. The molecule has 0 radical (unpaired) electrons. The van der Waals surface area contributed by atoms with Gasteiger partial charge in [0.2, 0.25) is 11.7 Å². The van der Waals surface area contributed by atoms with Crippen LogP contribution in [0.2, 0.25) is 0 Å². The Kier molecular flexibility index (Phi) is 17.4. The van der Waals surface area contributed by atoms with Crippen LogP contribution >= 0.6 is 0 Å². The fourth-order valence-corrected chi connectivity index (χ4v) is 12.4. The molecule has 0 unspecified atom stereocenters. The molecule has 5 aromatic carbocycles. The average Bonchev–Trinajstić information content (AvgIpc) is 3.97. The molecule has 2 N–H and O–H groups in total. The number of aldehydes is 1. The van der Waals surface area contributed by atoms with Crippen LogP contribution in [0.15, 0.2) is 133 Å². The second-order valence-corrected chi connectivity index (χ2v) is 20.4. The second-order valence-electron chi connectivity index (χ2n) is 20.4. The number of oxime groups is 1. The Labute approximate surface area is 439 Å². The average molecular weight is 1020 g/mol. The minimum Gasteiger partial charge on any atom is -0.496 e. The minimum atomic E-state index is -1.49. The van der Waals surface area contributed by atoms with Gasteiger partial charge in [-0.25, -0.2) is 0 Å². The lowest BCUT2D eigenvalue weighted by molar-refractivity contribution is -0.384. The van der Waals surface area contributed by atoms with Crippen molar-refractivity contribution in [3.8, 4) is 23.0 Å². The molecular formula is C61H69N3O11. The van der Waals surface area contributed by atoms with Gasteiger partial charge in [-0.05, 0) is 126 Å². The van der Waals surface area contributed by atoms with E-state index >= 15 is 4.79 Å². The van der Waals surface area contributed by atoms with Crippen molar-refractivity contribution in [2.45, 2.75) is 114 Å². The van der Waals surface area contributed by atoms with Gasteiger partial charge in [-0.2, -0.15) is 0 Å². The number of methoxy groups -OCH3 is 1. The monoisotopic (exact) mass is 1020 g/mol. The fraction of sp³-hybridized carbons (Fsp3) is 0.426. The van der Waals surface area contributed by atoms with Gasteiger partial charge in [0, 0.05) is 56.2 Å². The van der Waals surface area contributed by atoms with Gasteiger partial charge in [-0.3, -0.25) is 19.7 Å². The van der Waals surface area contributed by atoms with Gasteiger partial charge in [-0.15, -0.1) is 6.58 Å². The van der Waals surface area contributed by atoms with Crippen molar-refractivity contribution in [2.24, 2.45) is 28.8 Å². The van der Waals surface area contributed by atoms with Gasteiger partial charge in [0.1, 0.15) is 35.6 Å². The second kappa shape index (κ2) is 24.7. The third-order valence-corrected chi connectivity index (χ3v) is 15.9. The Hall–Kier alpha value is -6.87. The van der Waals surface area contributed by atoms with Crippen molar-refractivity contribution in [2.75, 3.05) is 26.9 Å². The van der Waals surface area contributed by atoms with Crippen LogP contribution in [0.3, 0.4) is 0 Å². The summed E-state index contributed by atoms with van der Waals surface area (Å²) in [7, 11) is 1.51. The molecule has 2 saturated carbocycles. The maximum Gasteiger partial charge on any atom is 0.269 e. The van der Waals surface area contributed by atoms with Crippen molar-refractivity contribution in [3.63, 3.8) is 0 Å². The van der Waals surface area contributed by atoms with Gasteiger partial charge >= 0.3 is 0 Å². The smallest absolute Gasteiger partial charge is 0.269 e. The van der Waals surface area contributed by atoms with Gasteiger partial charge < -0.3 is 38.9 Å². The van der Waals surface area contributed by atoms with E-state index in [-0.39, 0.29) is 68.7 Å². The van der Waals surface area contributed by atoms with E-state index in [0.717, 1.165) is 91.5 Å². The van der Waals surface area contributed by atoms with E-state index in [9.17, 15) is 25.1 Å². The van der Waals surface area contributed by atoms with Crippen LogP contribution in [0.1, 0.15) is 116 Å². The van der Waals surface area contributed by atoms with Crippen molar-refractivity contribution in [1.82, 2.24) is 4.90 Å². The highest BCUT2D eigenvalue weighted by atomic mass is 16.7. The summed E-state index contributed by atoms with van der Waals surface area (Å²) in [6.45, 7) is 4.63. The predicted molar refractivity (Wildman–Crippen MR) is 287 cm³/mol. The highest BCUT2D eigenvalue weighted by Crippen LogP contribution is 2.62. The number of aliphatic hydroxyl groups is 2. The molecule has 0 saturated heterocycles. The van der Waals surface area contributed by atoms with Gasteiger partial charge in [-0.1, -0.05) is 98.3 Å². The van der Waals surface area contributed by atoms with E-state index in [1.807, 2.05) is 41.3 Å². The van der Waals surface area contributed by atoms with E-state index in [2.05, 4.69) is 36.9 Å². The van der Waals surface area contributed by atoms with Gasteiger partial charge in [0.15, 0.2) is 6.29 Å². The number of hydrogen-bond acceptors (Lipinski definition) is 12. The van der Waals surface area contributed by atoms with Crippen LogP contribution in [-0.4, -0.2) is 76.7 Å². The van der Waals surface area contributed by atoms with E-state index in [0.29, 0.717) is 65.0 Å². The number of rotatable bonds is 25. The summed E-state index contributed by atoms with van der Waals surface area (Å²) in [5.74, 6) is -0.0187. The first kappa shape index (κ1) is 53.0. The topological polar surface area (TPSA) is 179 Å². The van der Waals surface area contributed by atoms with Gasteiger partial charge in [0.05, 0.1) is 35.8 Å². The highest BCUT2D eigenvalue weighted by Gasteiger charge is 2.65. The SMILES string of the molecule is C=CCO[C@@]12Oc3ccc(Oc4ccc(OC)c(C=O)c4)cc3[C@H]3[C@H](CCCCO)[C@@H](CCCCO)C=C(C(=NOCc4ccc([N+](=O)[O-])cc4)C[C@@H]1N(Cc1cccc4ccccc14)C(=O)CCC1CCCC1)[C@H]32. The molecule has 14 heteroatoms. The van der Waals surface area contributed by atoms with Crippen LogP contribution in [0.25, 0.3) is 10.8 Å². The molecule has 1 amide bonds. The molecule has 6 atom stereocenters. The third-order valence-electron chi connectivity index (χ3n) is 15.9. The van der Waals surface area contributed by atoms with E-state index in [4.69, 9.17) is 28.9 Å². The largest absolute Gasteiger partial charge is 0.496 e. The maximum atomic E-state index is 15.6. The number of nitro groups is 1. The minimum absolute atomic E-state index is 0.0129. The van der Waals surface area contributed by atoms with Crippen LogP contribution in [0, 0.1) is 33.8 Å². The van der Waals surface area contributed by atoms with Gasteiger partial charge in [0.25, 0.3) is 5.69 Å². The number of fused-ring (bicyclic) bond motifs is 3. The van der Waals surface area contributed by atoms with Crippen LogP contribution in [0.5, 0.6) is 23.0 Å². The fourth-order valence-electron chi connectivity index (χ4n) is 12.4. The highest BCUT2D eigenvalue weighted by molar-refractivity contribution is 6.03. The number of allylic oxidation sites excluding steroid dienone is 1. The molecule has 1 aliphatic heterocycles. The summed E-state index contributed by atoms with van der Waals surface area (Å²) in [6.07, 6.45) is 14.9.